The summed E-state index contributed by atoms with van der Waals surface area (Å²) in [6.07, 6.45) is 6.09. The molecule has 14 heavy (non-hydrogen) atoms. The van der Waals surface area contributed by atoms with Gasteiger partial charge < -0.3 is 5.73 Å². The van der Waals surface area contributed by atoms with Crippen LogP contribution in [0.5, 0.6) is 0 Å². The van der Waals surface area contributed by atoms with E-state index in [4.69, 9.17) is 11.1 Å². The van der Waals surface area contributed by atoms with E-state index in [1.54, 1.807) is 0 Å². The van der Waals surface area contributed by atoms with Gasteiger partial charge in [-0.25, -0.2) is 0 Å². The summed E-state index contributed by atoms with van der Waals surface area (Å²) in [6.45, 7) is 3.47. The fraction of sp³-hybridized carbons (Fsp3) is 0.909. The number of rotatable bonds is 4. The Balaban J connectivity index is 1.95. The smallest absolute Gasteiger partial charge is 0.0921 e. The highest BCUT2D eigenvalue weighted by Crippen LogP contribution is 2.39. The van der Waals surface area contributed by atoms with Gasteiger partial charge in [-0.2, -0.15) is 0 Å². The summed E-state index contributed by atoms with van der Waals surface area (Å²) in [4.78, 5) is 2.61. The van der Waals surface area contributed by atoms with Crippen LogP contribution in [0.2, 0.25) is 0 Å². The second-order valence-electron chi connectivity index (χ2n) is 4.82. The standard InChI is InChI=1S/C11H21N3/c1-2-9(6-11(12)13)14-7-8-3-4-10(14)5-8/h8-10H,2-7H2,1H3,(H3,12,13). The Morgan fingerprint density at radius 3 is 2.79 bits per heavy atom. The van der Waals surface area contributed by atoms with Crippen LogP contribution in [-0.4, -0.2) is 29.4 Å². The molecule has 2 rings (SSSR count). The Hall–Kier alpha value is -0.570. The molecule has 2 bridgehead atoms. The lowest BCUT2D eigenvalue weighted by molar-refractivity contribution is 0.148. The number of likely N-dealkylation sites (tertiary alicyclic amines) is 1. The summed E-state index contributed by atoms with van der Waals surface area (Å²) in [5, 5.41) is 7.38. The predicted molar refractivity (Wildman–Crippen MR) is 58.4 cm³/mol. The van der Waals surface area contributed by atoms with Gasteiger partial charge in [-0.05, 0) is 31.6 Å². The molecule has 3 atom stereocenters. The minimum absolute atomic E-state index is 0.347. The minimum atomic E-state index is 0.347. The molecular formula is C11H21N3. The lowest BCUT2D eigenvalue weighted by Crippen LogP contribution is -2.42. The quantitative estimate of drug-likeness (QED) is 0.528. The molecule has 0 spiro atoms. The van der Waals surface area contributed by atoms with Crippen LogP contribution in [0.25, 0.3) is 0 Å². The molecule has 1 aliphatic heterocycles. The maximum Gasteiger partial charge on any atom is 0.0921 e. The largest absolute Gasteiger partial charge is 0.388 e. The van der Waals surface area contributed by atoms with E-state index in [0.717, 1.165) is 24.8 Å². The zero-order valence-corrected chi connectivity index (χ0v) is 9.00. The maximum atomic E-state index is 7.38. The van der Waals surface area contributed by atoms with Gasteiger partial charge in [0.15, 0.2) is 0 Å². The van der Waals surface area contributed by atoms with E-state index in [0.29, 0.717) is 11.9 Å². The summed E-state index contributed by atoms with van der Waals surface area (Å²) in [7, 11) is 0. The molecule has 0 aromatic rings. The van der Waals surface area contributed by atoms with Crippen molar-refractivity contribution in [3.8, 4) is 0 Å². The van der Waals surface area contributed by atoms with E-state index in [-0.39, 0.29) is 0 Å². The molecule has 3 unspecified atom stereocenters. The van der Waals surface area contributed by atoms with E-state index < -0.39 is 0 Å². The van der Waals surface area contributed by atoms with Crippen LogP contribution in [0.4, 0.5) is 0 Å². The van der Waals surface area contributed by atoms with Gasteiger partial charge in [0.25, 0.3) is 0 Å². The van der Waals surface area contributed by atoms with Gasteiger partial charge in [0.2, 0.25) is 0 Å². The summed E-state index contributed by atoms with van der Waals surface area (Å²) in [5.74, 6) is 1.29. The lowest BCUT2D eigenvalue weighted by atomic mass is 10.0. The Bertz CT molecular complexity index is 227. The van der Waals surface area contributed by atoms with Gasteiger partial charge in [0.05, 0.1) is 5.84 Å². The van der Waals surface area contributed by atoms with Gasteiger partial charge in [0.1, 0.15) is 0 Å². The third-order valence-corrected chi connectivity index (χ3v) is 3.85. The van der Waals surface area contributed by atoms with E-state index in [1.807, 2.05) is 0 Å². The van der Waals surface area contributed by atoms with Gasteiger partial charge in [0, 0.05) is 25.0 Å². The van der Waals surface area contributed by atoms with Crippen molar-refractivity contribution in [3.63, 3.8) is 0 Å². The van der Waals surface area contributed by atoms with E-state index in [1.165, 1.54) is 25.8 Å². The molecule has 1 saturated heterocycles. The normalized spacial score (nSPS) is 33.5. The van der Waals surface area contributed by atoms with Crippen LogP contribution in [0.15, 0.2) is 0 Å². The fourth-order valence-corrected chi connectivity index (χ4v) is 3.16. The number of nitrogens with zero attached hydrogens (tertiary/aromatic N) is 1. The Morgan fingerprint density at radius 1 is 1.57 bits per heavy atom. The molecule has 2 aliphatic rings. The van der Waals surface area contributed by atoms with Crippen LogP contribution in [-0.2, 0) is 0 Å². The summed E-state index contributed by atoms with van der Waals surface area (Å²) in [5.41, 5.74) is 5.49. The molecule has 3 nitrogen and oxygen atoms in total. The highest BCUT2D eigenvalue weighted by molar-refractivity contribution is 5.77. The van der Waals surface area contributed by atoms with Crippen LogP contribution < -0.4 is 5.73 Å². The predicted octanol–water partition coefficient (Wildman–Crippen LogP) is 1.58. The van der Waals surface area contributed by atoms with Gasteiger partial charge >= 0.3 is 0 Å². The minimum Gasteiger partial charge on any atom is -0.388 e. The highest BCUT2D eigenvalue weighted by Gasteiger charge is 2.40. The maximum absolute atomic E-state index is 7.38. The van der Waals surface area contributed by atoms with Crippen molar-refractivity contribution >= 4 is 5.84 Å². The molecular weight excluding hydrogens is 174 g/mol. The molecule has 0 aromatic carbocycles. The third-order valence-electron chi connectivity index (χ3n) is 3.85. The molecule has 0 amide bonds. The first kappa shape index (κ1) is 9.97. The molecule has 3 N–H and O–H groups in total. The molecule has 3 heteroatoms. The number of piperidine rings is 1. The van der Waals surface area contributed by atoms with Crippen molar-refractivity contribution < 1.29 is 0 Å². The monoisotopic (exact) mass is 195 g/mol. The van der Waals surface area contributed by atoms with Gasteiger partial charge in [-0.15, -0.1) is 0 Å². The first-order chi connectivity index (χ1) is 6.70. The average molecular weight is 195 g/mol. The van der Waals surface area contributed by atoms with Crippen molar-refractivity contribution in [3.05, 3.63) is 0 Å². The van der Waals surface area contributed by atoms with Crippen molar-refractivity contribution in [2.24, 2.45) is 11.7 Å². The Kier molecular flexibility index (Phi) is 2.77. The van der Waals surface area contributed by atoms with Crippen molar-refractivity contribution in [2.75, 3.05) is 6.54 Å². The number of hydrogen-bond donors (Lipinski definition) is 2. The fourth-order valence-electron chi connectivity index (χ4n) is 3.16. The number of nitrogens with one attached hydrogen (secondary N) is 1. The summed E-state index contributed by atoms with van der Waals surface area (Å²) < 4.78 is 0. The second kappa shape index (κ2) is 3.89. The van der Waals surface area contributed by atoms with Gasteiger partial charge in [-0.1, -0.05) is 6.92 Å². The van der Waals surface area contributed by atoms with Gasteiger partial charge in [-0.3, -0.25) is 10.3 Å². The molecule has 2 fully saturated rings. The first-order valence-electron chi connectivity index (χ1n) is 5.79. The molecule has 0 aromatic heterocycles. The zero-order valence-electron chi connectivity index (χ0n) is 9.00. The van der Waals surface area contributed by atoms with Crippen LogP contribution in [0.3, 0.4) is 0 Å². The highest BCUT2D eigenvalue weighted by atomic mass is 15.2. The number of amidine groups is 1. The number of nitrogens with two attached hydrogens (primary N) is 1. The molecule has 1 saturated carbocycles. The first-order valence-corrected chi connectivity index (χ1v) is 5.79. The van der Waals surface area contributed by atoms with Crippen LogP contribution >= 0.6 is 0 Å². The summed E-state index contributed by atoms with van der Waals surface area (Å²) >= 11 is 0. The van der Waals surface area contributed by atoms with E-state index in [2.05, 4.69) is 11.8 Å². The average Bonchev–Trinajstić information content (AvgIpc) is 2.74. The molecule has 1 heterocycles. The zero-order chi connectivity index (χ0) is 10.1. The number of hydrogen-bond acceptors (Lipinski definition) is 2. The van der Waals surface area contributed by atoms with E-state index >= 15 is 0 Å². The Labute approximate surface area is 86.2 Å². The molecule has 0 radical (unpaired) electrons. The SMILES string of the molecule is CCC(CC(=N)N)N1CC2CCC1C2. The molecule has 1 aliphatic carbocycles. The second-order valence-corrected chi connectivity index (χ2v) is 4.82. The lowest BCUT2D eigenvalue weighted by Gasteiger charge is -2.34. The third kappa shape index (κ3) is 1.78. The van der Waals surface area contributed by atoms with E-state index in [9.17, 15) is 0 Å². The Morgan fingerprint density at radius 2 is 2.36 bits per heavy atom. The van der Waals surface area contributed by atoms with Crippen LogP contribution in [0.1, 0.15) is 39.0 Å². The molecule has 80 valence electrons. The van der Waals surface area contributed by atoms with Crippen molar-refractivity contribution in [1.29, 1.82) is 5.41 Å². The summed E-state index contributed by atoms with van der Waals surface area (Å²) in [6, 6.07) is 1.34. The topological polar surface area (TPSA) is 53.1 Å². The van der Waals surface area contributed by atoms with Crippen molar-refractivity contribution in [2.45, 2.75) is 51.1 Å². The number of fused-ring (bicyclic) bond motifs is 2. The van der Waals surface area contributed by atoms with Crippen LogP contribution in [0, 0.1) is 11.3 Å². The van der Waals surface area contributed by atoms with Crippen molar-refractivity contribution in [1.82, 2.24) is 4.90 Å².